The molecule has 0 saturated carbocycles. The number of halogens is 2. The molecule has 0 heterocycles. The van der Waals surface area contributed by atoms with Crippen LogP contribution in [0.5, 0.6) is 11.5 Å². The van der Waals surface area contributed by atoms with Crippen LogP contribution in [0.4, 0.5) is 5.69 Å². The highest BCUT2D eigenvalue weighted by Crippen LogP contribution is 2.34. The van der Waals surface area contributed by atoms with Gasteiger partial charge in [-0.1, -0.05) is 66.5 Å². The maximum Gasteiger partial charge on any atom is 0.244 e. The van der Waals surface area contributed by atoms with Gasteiger partial charge in [-0.25, -0.2) is 8.42 Å². The fourth-order valence-corrected chi connectivity index (χ4v) is 5.59. The highest BCUT2D eigenvalue weighted by atomic mass is 35.5. The molecule has 3 rings (SSSR count). The molecule has 0 unspecified atom stereocenters. The van der Waals surface area contributed by atoms with Crippen molar-refractivity contribution in [3.63, 3.8) is 0 Å². The third kappa shape index (κ3) is 9.26. The first-order valence-corrected chi connectivity index (χ1v) is 16.3. The molecule has 0 spiro atoms. The van der Waals surface area contributed by atoms with Crippen molar-refractivity contribution < 1.29 is 27.5 Å². The van der Waals surface area contributed by atoms with E-state index < -0.39 is 28.5 Å². The van der Waals surface area contributed by atoms with Gasteiger partial charge >= 0.3 is 0 Å². The normalized spacial score (nSPS) is 12.6. The molecule has 0 aliphatic heterocycles. The van der Waals surface area contributed by atoms with E-state index in [-0.39, 0.29) is 41.4 Å². The lowest BCUT2D eigenvalue weighted by atomic mass is 10.0. The Morgan fingerprint density at radius 3 is 2.21 bits per heavy atom. The quantitative estimate of drug-likeness (QED) is 0.253. The highest BCUT2D eigenvalue weighted by Gasteiger charge is 2.34. The van der Waals surface area contributed by atoms with E-state index in [1.807, 2.05) is 44.2 Å². The van der Waals surface area contributed by atoms with E-state index in [2.05, 4.69) is 5.32 Å². The number of methoxy groups -OCH3 is 2. The van der Waals surface area contributed by atoms with Gasteiger partial charge in [-0.15, -0.1) is 0 Å². The summed E-state index contributed by atoms with van der Waals surface area (Å²) in [5.74, 6) is -0.315. The number of benzene rings is 3. The SMILES string of the molecule is CC[C@H](C)NC(=O)[C@@H](Cc1ccccc1)N(Cc1ccc(Cl)c(Cl)c1)C(=O)CN(c1ccc(OC)cc1OC)S(C)(=O)=O. The van der Waals surface area contributed by atoms with Crippen molar-refractivity contribution >= 4 is 50.7 Å². The number of sulfonamides is 1. The van der Waals surface area contributed by atoms with Gasteiger partial charge in [0, 0.05) is 25.1 Å². The molecule has 0 aliphatic carbocycles. The van der Waals surface area contributed by atoms with Gasteiger partial charge in [0.1, 0.15) is 24.1 Å². The predicted octanol–water partition coefficient (Wildman–Crippen LogP) is 5.33. The molecule has 12 heteroatoms. The van der Waals surface area contributed by atoms with Gasteiger partial charge in [0.15, 0.2) is 0 Å². The molecule has 0 radical (unpaired) electrons. The van der Waals surface area contributed by atoms with E-state index in [9.17, 15) is 18.0 Å². The largest absolute Gasteiger partial charge is 0.497 e. The Labute approximate surface area is 263 Å². The predicted molar refractivity (Wildman–Crippen MR) is 171 cm³/mol. The van der Waals surface area contributed by atoms with Crippen LogP contribution in [0.3, 0.4) is 0 Å². The molecule has 0 aromatic heterocycles. The zero-order valence-electron chi connectivity index (χ0n) is 24.8. The van der Waals surface area contributed by atoms with Gasteiger partial charge < -0.3 is 19.7 Å². The van der Waals surface area contributed by atoms with Gasteiger partial charge in [-0.3, -0.25) is 13.9 Å². The maximum atomic E-state index is 14.3. The van der Waals surface area contributed by atoms with Crippen LogP contribution in [-0.4, -0.2) is 64.2 Å². The summed E-state index contributed by atoms with van der Waals surface area (Å²) in [5.41, 5.74) is 1.60. The molecule has 3 aromatic rings. The molecule has 3 aromatic carbocycles. The van der Waals surface area contributed by atoms with Crippen molar-refractivity contribution in [2.45, 2.75) is 45.3 Å². The smallest absolute Gasteiger partial charge is 0.244 e. The number of anilines is 1. The molecule has 1 N–H and O–H groups in total. The van der Waals surface area contributed by atoms with Crippen molar-refractivity contribution in [2.75, 3.05) is 31.3 Å². The molecular weight excluding hydrogens is 613 g/mol. The van der Waals surface area contributed by atoms with Crippen LogP contribution in [-0.2, 0) is 32.6 Å². The monoisotopic (exact) mass is 649 g/mol. The number of nitrogens with zero attached hydrogens (tertiary/aromatic N) is 2. The maximum absolute atomic E-state index is 14.3. The minimum absolute atomic E-state index is 0.0293. The summed E-state index contributed by atoms with van der Waals surface area (Å²) in [6.45, 7) is 3.20. The minimum atomic E-state index is -3.99. The van der Waals surface area contributed by atoms with Gasteiger partial charge in [-0.05, 0) is 48.7 Å². The highest BCUT2D eigenvalue weighted by molar-refractivity contribution is 7.92. The number of rotatable bonds is 14. The van der Waals surface area contributed by atoms with Crippen LogP contribution in [0.25, 0.3) is 0 Å². The number of hydrogen-bond donors (Lipinski definition) is 1. The summed E-state index contributed by atoms with van der Waals surface area (Å²) >= 11 is 12.4. The molecule has 2 atom stereocenters. The second-order valence-corrected chi connectivity index (χ2v) is 12.8. The number of carbonyl (C=O) groups is 2. The zero-order chi connectivity index (χ0) is 31.7. The Morgan fingerprint density at radius 1 is 0.930 bits per heavy atom. The molecule has 0 bridgehead atoms. The second-order valence-electron chi connectivity index (χ2n) is 10.1. The van der Waals surface area contributed by atoms with Crippen molar-refractivity contribution in [3.8, 4) is 11.5 Å². The molecule has 2 amide bonds. The van der Waals surface area contributed by atoms with E-state index in [0.29, 0.717) is 22.8 Å². The average molecular weight is 651 g/mol. The van der Waals surface area contributed by atoms with Gasteiger partial charge in [0.25, 0.3) is 0 Å². The number of hydrogen-bond acceptors (Lipinski definition) is 6. The lowest BCUT2D eigenvalue weighted by Crippen LogP contribution is -2.54. The molecule has 0 aliphatic rings. The summed E-state index contributed by atoms with van der Waals surface area (Å²) in [5, 5.41) is 3.62. The van der Waals surface area contributed by atoms with Crippen molar-refractivity contribution in [1.82, 2.24) is 10.2 Å². The van der Waals surface area contributed by atoms with E-state index in [1.165, 1.54) is 31.3 Å². The zero-order valence-corrected chi connectivity index (χ0v) is 27.2. The Kier molecular flexibility index (Phi) is 12.1. The van der Waals surface area contributed by atoms with Gasteiger partial charge in [-0.2, -0.15) is 0 Å². The topological polar surface area (TPSA) is 105 Å². The number of carbonyl (C=O) groups excluding carboxylic acids is 2. The molecule has 43 heavy (non-hydrogen) atoms. The van der Waals surface area contributed by atoms with E-state index in [0.717, 1.165) is 16.1 Å². The number of ether oxygens (including phenoxy) is 2. The molecule has 0 saturated heterocycles. The van der Waals surface area contributed by atoms with Crippen LogP contribution in [0.15, 0.2) is 66.7 Å². The Morgan fingerprint density at radius 2 is 1.63 bits per heavy atom. The fourth-order valence-electron chi connectivity index (χ4n) is 4.42. The Hall–Kier alpha value is -3.47. The summed E-state index contributed by atoms with van der Waals surface area (Å²) in [4.78, 5) is 29.4. The summed E-state index contributed by atoms with van der Waals surface area (Å²) in [6.07, 6.45) is 1.88. The van der Waals surface area contributed by atoms with Crippen LogP contribution in [0.2, 0.25) is 10.0 Å². The van der Waals surface area contributed by atoms with Crippen LogP contribution in [0.1, 0.15) is 31.4 Å². The molecule has 0 fully saturated rings. The van der Waals surface area contributed by atoms with Crippen molar-refractivity contribution in [1.29, 1.82) is 0 Å². The average Bonchev–Trinajstić information content (AvgIpc) is 2.98. The minimum Gasteiger partial charge on any atom is -0.497 e. The first-order chi connectivity index (χ1) is 20.4. The fraction of sp³-hybridized carbons (Fsp3) is 0.355. The first-order valence-electron chi connectivity index (χ1n) is 13.6. The Balaban J connectivity index is 2.12. The van der Waals surface area contributed by atoms with E-state index >= 15 is 0 Å². The van der Waals surface area contributed by atoms with Crippen LogP contribution < -0.4 is 19.1 Å². The van der Waals surface area contributed by atoms with E-state index in [4.69, 9.17) is 32.7 Å². The lowest BCUT2D eigenvalue weighted by molar-refractivity contribution is -0.140. The number of nitrogens with one attached hydrogen (secondary N) is 1. The van der Waals surface area contributed by atoms with E-state index in [1.54, 1.807) is 24.3 Å². The molecule has 232 valence electrons. The molecular formula is C31H37Cl2N3O6S. The van der Waals surface area contributed by atoms with Crippen molar-refractivity contribution in [3.05, 3.63) is 87.9 Å². The third-order valence-corrected chi connectivity index (χ3v) is 8.81. The summed E-state index contributed by atoms with van der Waals surface area (Å²) < 4.78 is 37.8. The summed E-state index contributed by atoms with van der Waals surface area (Å²) in [6, 6.07) is 17.7. The molecule has 9 nitrogen and oxygen atoms in total. The third-order valence-electron chi connectivity index (χ3n) is 6.94. The van der Waals surface area contributed by atoms with Crippen molar-refractivity contribution in [2.24, 2.45) is 0 Å². The standard InChI is InChI=1S/C31H37Cl2N3O6S/c1-6-21(2)34-31(38)28(17-22-10-8-7-9-11-22)35(19-23-12-14-25(32)26(33)16-23)30(37)20-36(43(5,39)40)27-15-13-24(41-3)18-29(27)42-4/h7-16,18,21,28H,6,17,19-20H2,1-5H3,(H,34,38)/t21-,28+/m0/s1. The van der Waals surface area contributed by atoms with Gasteiger partial charge in [0.2, 0.25) is 21.8 Å². The summed E-state index contributed by atoms with van der Waals surface area (Å²) in [7, 11) is -1.11. The number of amides is 2. The second kappa shape index (κ2) is 15.3. The van der Waals surface area contributed by atoms with Gasteiger partial charge in [0.05, 0.1) is 36.2 Å². The Bertz CT molecular complexity index is 1520. The first kappa shape index (κ1) is 34.0. The van der Waals surface area contributed by atoms with Crippen LogP contribution in [0, 0.1) is 0 Å². The lowest BCUT2D eigenvalue weighted by Gasteiger charge is -2.34. The van der Waals surface area contributed by atoms with Crippen LogP contribution >= 0.6 is 23.2 Å².